The summed E-state index contributed by atoms with van der Waals surface area (Å²) in [5, 5.41) is 0. The molecule has 0 saturated heterocycles. The van der Waals surface area contributed by atoms with E-state index in [1.54, 1.807) is 0 Å². The zero-order valence-electron chi connectivity index (χ0n) is 8.12. The van der Waals surface area contributed by atoms with Crippen molar-refractivity contribution in [3.05, 3.63) is 0 Å². The Morgan fingerprint density at radius 2 is 1.43 bits per heavy atom. The molecule has 0 amide bonds. The van der Waals surface area contributed by atoms with E-state index in [1.165, 1.54) is 19.3 Å². The van der Waals surface area contributed by atoms with Gasteiger partial charge in [0.25, 0.3) is 10.1 Å². The molecule has 0 aliphatic carbocycles. The van der Waals surface area contributed by atoms with Gasteiger partial charge in [-0.15, -0.1) is 0 Å². The van der Waals surface area contributed by atoms with E-state index in [4.69, 9.17) is 4.55 Å². The molecular formula is C8H21NaO4S. The van der Waals surface area contributed by atoms with Gasteiger partial charge >= 0.3 is 29.6 Å². The molecule has 0 aliphatic rings. The molecule has 3 N–H and O–H groups in total. The summed E-state index contributed by atoms with van der Waals surface area (Å²) in [7, 11) is -3.72. The van der Waals surface area contributed by atoms with Crippen LogP contribution in [-0.4, -0.2) is 53.8 Å². The normalized spacial score (nSPS) is 10.1. The van der Waals surface area contributed by atoms with Gasteiger partial charge in [0.05, 0.1) is 5.75 Å². The summed E-state index contributed by atoms with van der Waals surface area (Å²) < 4.78 is 28.9. The second-order valence-electron chi connectivity index (χ2n) is 3.05. The summed E-state index contributed by atoms with van der Waals surface area (Å²) in [4.78, 5) is 0. The Balaban J connectivity index is -0.000000605. The summed E-state index contributed by atoms with van der Waals surface area (Å²) in [5.41, 5.74) is 0. The molecule has 0 bridgehead atoms. The van der Waals surface area contributed by atoms with Crippen LogP contribution in [0.3, 0.4) is 0 Å². The van der Waals surface area contributed by atoms with Crippen LogP contribution in [-0.2, 0) is 10.1 Å². The first-order valence-corrected chi connectivity index (χ1v) is 6.12. The van der Waals surface area contributed by atoms with Gasteiger partial charge in [0.1, 0.15) is 0 Å². The Bertz CT molecular complexity index is 192. The Morgan fingerprint density at radius 3 is 1.86 bits per heavy atom. The Labute approximate surface area is 109 Å². The van der Waals surface area contributed by atoms with Gasteiger partial charge in [-0.1, -0.05) is 39.0 Å². The van der Waals surface area contributed by atoms with Crippen molar-refractivity contribution in [2.24, 2.45) is 0 Å². The second kappa shape index (κ2) is 11.9. The Kier molecular flexibility index (Phi) is 17.3. The second-order valence-corrected chi connectivity index (χ2v) is 4.63. The van der Waals surface area contributed by atoms with Gasteiger partial charge in [0.15, 0.2) is 0 Å². The molecule has 0 aromatic rings. The topological polar surface area (TPSA) is 85.9 Å². The van der Waals surface area contributed by atoms with Crippen LogP contribution in [0.2, 0.25) is 0 Å². The van der Waals surface area contributed by atoms with Crippen molar-refractivity contribution in [2.45, 2.75) is 45.4 Å². The fraction of sp³-hybridized carbons (Fsp3) is 1.00. The van der Waals surface area contributed by atoms with E-state index in [1.807, 2.05) is 0 Å². The van der Waals surface area contributed by atoms with Gasteiger partial charge in [-0.25, -0.2) is 0 Å². The number of hydrogen-bond donors (Lipinski definition) is 1. The predicted octanol–water partition coefficient (Wildman–Crippen LogP) is 0.762. The van der Waals surface area contributed by atoms with Crippen LogP contribution in [0.15, 0.2) is 0 Å². The van der Waals surface area contributed by atoms with E-state index in [-0.39, 0.29) is 40.8 Å². The van der Waals surface area contributed by atoms with Gasteiger partial charge in [-0.05, 0) is 6.42 Å². The van der Waals surface area contributed by atoms with E-state index in [0.717, 1.165) is 12.8 Å². The summed E-state index contributed by atoms with van der Waals surface area (Å²) in [5.74, 6) is -0.0842. The van der Waals surface area contributed by atoms with Crippen LogP contribution in [0.1, 0.15) is 45.4 Å². The quantitative estimate of drug-likeness (QED) is 0.402. The van der Waals surface area contributed by atoms with Gasteiger partial charge in [-0.3, -0.25) is 4.55 Å². The van der Waals surface area contributed by atoms with Gasteiger partial charge in [0.2, 0.25) is 0 Å². The first-order chi connectivity index (χ1) is 5.56. The molecule has 0 atom stereocenters. The molecule has 0 unspecified atom stereocenters. The molecule has 0 aromatic carbocycles. The van der Waals surface area contributed by atoms with E-state index in [2.05, 4.69) is 6.92 Å². The van der Waals surface area contributed by atoms with Crippen molar-refractivity contribution in [3.8, 4) is 0 Å². The van der Waals surface area contributed by atoms with Gasteiger partial charge in [0, 0.05) is 0 Å². The number of unbranched alkanes of at least 4 members (excludes halogenated alkanes) is 5. The third-order valence-corrected chi connectivity index (χ3v) is 2.56. The van der Waals surface area contributed by atoms with Crippen LogP contribution in [0, 0.1) is 0 Å². The fourth-order valence-corrected chi connectivity index (χ4v) is 1.63. The van der Waals surface area contributed by atoms with Crippen molar-refractivity contribution < 1.29 is 18.4 Å². The Hall–Kier alpha value is 0.870. The maximum atomic E-state index is 10.3. The summed E-state index contributed by atoms with van der Waals surface area (Å²) in [6, 6.07) is 0. The number of hydrogen-bond acceptors (Lipinski definition) is 2. The van der Waals surface area contributed by atoms with Gasteiger partial charge in [-0.2, -0.15) is 8.42 Å². The monoisotopic (exact) mass is 236 g/mol. The predicted molar refractivity (Wildman–Crippen MR) is 60.6 cm³/mol. The maximum absolute atomic E-state index is 10.3. The summed E-state index contributed by atoms with van der Waals surface area (Å²) >= 11 is 0. The van der Waals surface area contributed by atoms with E-state index < -0.39 is 10.1 Å². The van der Waals surface area contributed by atoms with Crippen molar-refractivity contribution in [1.29, 1.82) is 0 Å². The van der Waals surface area contributed by atoms with E-state index in [9.17, 15) is 8.42 Å². The average molecular weight is 236 g/mol. The molecule has 84 valence electrons. The average Bonchev–Trinajstić information content (AvgIpc) is 1.94. The Morgan fingerprint density at radius 1 is 1.00 bits per heavy atom. The zero-order chi connectivity index (χ0) is 9.45. The SMILES string of the molecule is CCCCCCCCS(=O)(=O)O.O.[NaH]. The third-order valence-electron chi connectivity index (χ3n) is 1.76. The molecule has 4 nitrogen and oxygen atoms in total. The molecule has 6 heteroatoms. The van der Waals surface area contributed by atoms with E-state index in [0.29, 0.717) is 6.42 Å². The molecule has 0 fully saturated rings. The minimum atomic E-state index is -3.72. The van der Waals surface area contributed by atoms with Crippen LogP contribution < -0.4 is 0 Å². The fourth-order valence-electron chi connectivity index (χ4n) is 1.06. The van der Waals surface area contributed by atoms with Crippen molar-refractivity contribution in [3.63, 3.8) is 0 Å². The first-order valence-electron chi connectivity index (χ1n) is 4.51. The first kappa shape index (κ1) is 20.3. The minimum absolute atomic E-state index is 0. The molecule has 0 heterocycles. The van der Waals surface area contributed by atoms with Crippen LogP contribution >= 0.6 is 0 Å². The molecule has 14 heavy (non-hydrogen) atoms. The summed E-state index contributed by atoms with van der Waals surface area (Å²) in [6.07, 6.45) is 6.14. The number of rotatable bonds is 7. The van der Waals surface area contributed by atoms with Crippen LogP contribution in [0.5, 0.6) is 0 Å². The van der Waals surface area contributed by atoms with Gasteiger partial charge < -0.3 is 5.48 Å². The summed E-state index contributed by atoms with van der Waals surface area (Å²) in [6.45, 7) is 2.14. The molecule has 0 radical (unpaired) electrons. The molecule has 0 aliphatic heterocycles. The standard InChI is InChI=1S/C8H18O3S.Na.H2O.H/c1-2-3-4-5-6-7-8-12(9,10)11;;;/h2-8H2,1H3,(H,9,10,11);;1H2;. The van der Waals surface area contributed by atoms with Crippen molar-refractivity contribution >= 4 is 39.7 Å². The van der Waals surface area contributed by atoms with Crippen molar-refractivity contribution in [1.82, 2.24) is 0 Å². The van der Waals surface area contributed by atoms with Crippen molar-refractivity contribution in [2.75, 3.05) is 5.75 Å². The third kappa shape index (κ3) is 18.6. The molecule has 0 saturated carbocycles. The van der Waals surface area contributed by atoms with E-state index >= 15 is 0 Å². The van der Waals surface area contributed by atoms with Crippen LogP contribution in [0.25, 0.3) is 0 Å². The van der Waals surface area contributed by atoms with Crippen LogP contribution in [0.4, 0.5) is 0 Å². The molecule has 0 aromatic heterocycles. The molecular weight excluding hydrogens is 215 g/mol. The molecule has 0 spiro atoms. The zero-order valence-corrected chi connectivity index (χ0v) is 8.94. The molecule has 0 rings (SSSR count).